The van der Waals surface area contributed by atoms with E-state index in [4.69, 9.17) is 0 Å². The number of piperidine rings is 1. The van der Waals surface area contributed by atoms with Crippen LogP contribution in [-0.4, -0.2) is 51.4 Å². The summed E-state index contributed by atoms with van der Waals surface area (Å²) in [5.74, 6) is 1.43. The van der Waals surface area contributed by atoms with E-state index < -0.39 is 0 Å². The molecule has 1 amide bonds. The van der Waals surface area contributed by atoms with Crippen molar-refractivity contribution in [2.24, 2.45) is 5.92 Å². The number of hydrogen-bond donors (Lipinski definition) is 2. The summed E-state index contributed by atoms with van der Waals surface area (Å²) in [4.78, 5) is 39.0. The van der Waals surface area contributed by atoms with Crippen molar-refractivity contribution >= 4 is 5.91 Å². The zero-order chi connectivity index (χ0) is 21.6. The molecular weight excluding hydrogens is 390 g/mol. The minimum Gasteiger partial charge on any atom is -0.353 e. The Labute approximate surface area is 183 Å². The molecule has 0 unspecified atom stereocenters. The summed E-state index contributed by atoms with van der Waals surface area (Å²) in [7, 11) is 0. The fraction of sp³-hybridized carbons (Fsp3) is 0.583. The van der Waals surface area contributed by atoms with Crippen molar-refractivity contribution < 1.29 is 4.79 Å². The van der Waals surface area contributed by atoms with Crippen LogP contribution in [-0.2, 0) is 11.2 Å². The van der Waals surface area contributed by atoms with E-state index in [0.29, 0.717) is 29.9 Å². The third-order valence-electron chi connectivity index (χ3n) is 6.72. The minimum absolute atomic E-state index is 0.0197. The molecule has 166 valence electrons. The van der Waals surface area contributed by atoms with E-state index in [9.17, 15) is 9.59 Å². The van der Waals surface area contributed by atoms with Gasteiger partial charge in [-0.1, -0.05) is 12.8 Å². The lowest BCUT2D eigenvalue weighted by atomic mass is 10.0. The fourth-order valence-electron chi connectivity index (χ4n) is 4.91. The molecule has 0 radical (unpaired) electrons. The molecule has 0 atom stereocenters. The van der Waals surface area contributed by atoms with Crippen LogP contribution < -0.4 is 10.9 Å². The first-order valence-electron chi connectivity index (χ1n) is 11.6. The van der Waals surface area contributed by atoms with Gasteiger partial charge in [-0.15, -0.1) is 0 Å². The highest BCUT2D eigenvalue weighted by molar-refractivity contribution is 5.76. The van der Waals surface area contributed by atoms with Crippen molar-refractivity contribution in [2.75, 3.05) is 19.6 Å². The third-order valence-corrected chi connectivity index (χ3v) is 6.72. The Morgan fingerprint density at radius 1 is 1.16 bits per heavy atom. The minimum atomic E-state index is -0.174. The van der Waals surface area contributed by atoms with Gasteiger partial charge in [0.1, 0.15) is 5.82 Å². The van der Waals surface area contributed by atoms with Gasteiger partial charge in [0.25, 0.3) is 5.56 Å². The van der Waals surface area contributed by atoms with Crippen molar-refractivity contribution in [3.8, 4) is 11.4 Å². The topological polar surface area (TPSA) is 91.0 Å². The fourth-order valence-corrected chi connectivity index (χ4v) is 4.91. The van der Waals surface area contributed by atoms with Crippen LogP contribution in [0.4, 0.5) is 0 Å². The standard InChI is InChI=1S/C24H33N5O2/c1-17-21(24(31)28-23(26-17)19-8-12-25-13-9-19)6-7-22(30)27-20-10-14-29(15-11-20)16-18-4-2-3-5-18/h8-9,12-13,18,20H,2-7,10-11,14-16H2,1H3,(H,27,30)(H,26,28,31). The van der Waals surface area contributed by atoms with Crippen LogP contribution in [0, 0.1) is 12.8 Å². The van der Waals surface area contributed by atoms with Crippen molar-refractivity contribution in [2.45, 2.75) is 64.3 Å². The van der Waals surface area contributed by atoms with E-state index in [1.165, 1.54) is 32.2 Å². The quantitative estimate of drug-likeness (QED) is 0.715. The molecule has 31 heavy (non-hydrogen) atoms. The largest absolute Gasteiger partial charge is 0.353 e. The Balaban J connectivity index is 1.25. The average Bonchev–Trinajstić information content (AvgIpc) is 3.28. The predicted molar refractivity (Wildman–Crippen MR) is 121 cm³/mol. The summed E-state index contributed by atoms with van der Waals surface area (Å²) < 4.78 is 0. The van der Waals surface area contributed by atoms with Crippen LogP contribution in [0.3, 0.4) is 0 Å². The number of aromatic nitrogens is 3. The number of amides is 1. The highest BCUT2D eigenvalue weighted by Gasteiger charge is 2.24. The number of aromatic amines is 1. The molecule has 1 aliphatic heterocycles. The zero-order valence-electron chi connectivity index (χ0n) is 18.4. The molecule has 1 aliphatic carbocycles. The normalized spacial score (nSPS) is 18.4. The van der Waals surface area contributed by atoms with Gasteiger partial charge in [0.2, 0.25) is 5.91 Å². The number of carbonyl (C=O) groups excluding carboxylic acids is 1. The zero-order valence-corrected chi connectivity index (χ0v) is 18.4. The summed E-state index contributed by atoms with van der Waals surface area (Å²) in [5.41, 5.74) is 1.90. The highest BCUT2D eigenvalue weighted by atomic mass is 16.1. The Kier molecular flexibility index (Phi) is 7.12. The number of carbonyl (C=O) groups is 1. The summed E-state index contributed by atoms with van der Waals surface area (Å²) in [6.07, 6.45) is 11.6. The maximum atomic E-state index is 12.6. The number of nitrogens with one attached hydrogen (secondary N) is 2. The molecule has 2 N–H and O–H groups in total. The SMILES string of the molecule is Cc1nc(-c2ccncc2)[nH]c(=O)c1CCC(=O)NC1CCN(CC2CCCC2)CC1. The maximum Gasteiger partial charge on any atom is 0.254 e. The number of pyridine rings is 1. The second-order valence-electron chi connectivity index (χ2n) is 9.01. The third kappa shape index (κ3) is 5.79. The van der Waals surface area contributed by atoms with Crippen LogP contribution in [0.2, 0.25) is 0 Å². The molecule has 7 heteroatoms. The number of nitrogens with zero attached hydrogens (tertiary/aromatic N) is 3. The summed E-state index contributed by atoms with van der Waals surface area (Å²) in [6.45, 7) is 5.19. The van der Waals surface area contributed by atoms with Gasteiger partial charge in [-0.3, -0.25) is 14.6 Å². The van der Waals surface area contributed by atoms with E-state index >= 15 is 0 Å². The average molecular weight is 424 g/mol. The molecule has 0 spiro atoms. The Morgan fingerprint density at radius 2 is 1.87 bits per heavy atom. The van der Waals surface area contributed by atoms with Gasteiger partial charge in [0, 0.05) is 61.3 Å². The lowest BCUT2D eigenvalue weighted by Crippen LogP contribution is -2.45. The Morgan fingerprint density at radius 3 is 2.55 bits per heavy atom. The number of aryl methyl sites for hydroxylation is 1. The van der Waals surface area contributed by atoms with E-state index in [-0.39, 0.29) is 17.5 Å². The molecule has 1 saturated heterocycles. The Hall–Kier alpha value is -2.54. The van der Waals surface area contributed by atoms with Crippen molar-refractivity contribution in [1.82, 2.24) is 25.2 Å². The van der Waals surface area contributed by atoms with E-state index in [0.717, 1.165) is 37.4 Å². The monoisotopic (exact) mass is 423 g/mol. The van der Waals surface area contributed by atoms with E-state index in [2.05, 4.69) is 25.2 Å². The summed E-state index contributed by atoms with van der Waals surface area (Å²) in [6, 6.07) is 3.87. The van der Waals surface area contributed by atoms with Crippen molar-refractivity contribution in [3.05, 3.63) is 46.1 Å². The van der Waals surface area contributed by atoms with Crippen LogP contribution in [0.15, 0.2) is 29.3 Å². The Bertz CT molecular complexity index is 929. The van der Waals surface area contributed by atoms with Gasteiger partial charge in [-0.05, 0) is 57.1 Å². The molecule has 4 rings (SSSR count). The van der Waals surface area contributed by atoms with Gasteiger partial charge in [0.15, 0.2) is 0 Å². The molecule has 2 fully saturated rings. The molecule has 2 aromatic heterocycles. The van der Waals surface area contributed by atoms with Gasteiger partial charge in [-0.2, -0.15) is 0 Å². The highest BCUT2D eigenvalue weighted by Crippen LogP contribution is 2.26. The lowest BCUT2D eigenvalue weighted by molar-refractivity contribution is -0.122. The van der Waals surface area contributed by atoms with Crippen molar-refractivity contribution in [1.29, 1.82) is 0 Å². The second-order valence-corrected chi connectivity index (χ2v) is 9.01. The van der Waals surface area contributed by atoms with Gasteiger partial charge < -0.3 is 15.2 Å². The van der Waals surface area contributed by atoms with Gasteiger partial charge >= 0.3 is 0 Å². The molecule has 2 aromatic rings. The van der Waals surface area contributed by atoms with Crippen molar-refractivity contribution in [3.63, 3.8) is 0 Å². The van der Waals surface area contributed by atoms with Crippen LogP contribution in [0.25, 0.3) is 11.4 Å². The maximum absolute atomic E-state index is 12.6. The number of likely N-dealkylation sites (tertiary alicyclic amines) is 1. The molecule has 3 heterocycles. The second kappa shape index (κ2) is 10.2. The van der Waals surface area contributed by atoms with E-state index in [1.807, 2.05) is 19.1 Å². The summed E-state index contributed by atoms with van der Waals surface area (Å²) >= 11 is 0. The molecule has 0 aromatic carbocycles. The smallest absolute Gasteiger partial charge is 0.254 e. The first-order chi connectivity index (χ1) is 15.1. The van der Waals surface area contributed by atoms with Gasteiger partial charge in [-0.25, -0.2) is 4.98 Å². The van der Waals surface area contributed by atoms with Crippen LogP contribution >= 0.6 is 0 Å². The van der Waals surface area contributed by atoms with Crippen LogP contribution in [0.5, 0.6) is 0 Å². The molecule has 7 nitrogen and oxygen atoms in total. The molecule has 2 aliphatic rings. The molecule has 1 saturated carbocycles. The predicted octanol–water partition coefficient (Wildman–Crippen LogP) is 2.84. The first-order valence-corrected chi connectivity index (χ1v) is 11.6. The summed E-state index contributed by atoms with van der Waals surface area (Å²) in [5, 5.41) is 3.17. The number of hydrogen-bond acceptors (Lipinski definition) is 5. The van der Waals surface area contributed by atoms with Gasteiger partial charge in [0.05, 0.1) is 0 Å². The number of H-pyrrole nitrogens is 1. The number of rotatable bonds is 7. The molecular formula is C24H33N5O2. The molecule has 0 bridgehead atoms. The van der Waals surface area contributed by atoms with E-state index in [1.54, 1.807) is 12.4 Å². The lowest BCUT2D eigenvalue weighted by Gasteiger charge is -2.33. The van der Waals surface area contributed by atoms with Crippen LogP contribution in [0.1, 0.15) is 56.2 Å². The first kappa shape index (κ1) is 21.7.